The van der Waals surface area contributed by atoms with E-state index >= 15 is 0 Å². The highest BCUT2D eigenvalue weighted by Gasteiger charge is 2.63. The molecule has 152 valence electrons. The van der Waals surface area contributed by atoms with Crippen LogP contribution in [0.5, 0.6) is 0 Å². The zero-order valence-corrected chi connectivity index (χ0v) is 19.9. The molecule has 0 unspecified atom stereocenters. The third-order valence-electron chi connectivity index (χ3n) is 8.54. The number of fused-ring (bicyclic) bond motifs is 2. The van der Waals surface area contributed by atoms with Crippen LogP contribution in [0, 0.1) is 28.6 Å². The molecule has 3 aliphatic carbocycles. The third kappa shape index (κ3) is 4.14. The molecule has 0 amide bonds. The van der Waals surface area contributed by atoms with E-state index in [-0.39, 0.29) is 5.04 Å². The highest BCUT2D eigenvalue weighted by atomic mass is 28.4. The number of aldehydes is 1. The van der Waals surface area contributed by atoms with Gasteiger partial charge in [0, 0.05) is 12.5 Å². The lowest BCUT2D eigenvalue weighted by Gasteiger charge is -2.68. The first-order valence-electron chi connectivity index (χ1n) is 10.9. The Hall–Kier alpha value is -0.153. The fourth-order valence-corrected chi connectivity index (χ4v) is 6.90. The second-order valence-electron chi connectivity index (χ2n) is 11.9. The third-order valence-corrected chi connectivity index (χ3v) is 13.0. The van der Waals surface area contributed by atoms with Crippen LogP contribution in [-0.2, 0) is 9.22 Å². The van der Waals surface area contributed by atoms with Gasteiger partial charge in [-0.1, -0.05) is 54.9 Å². The summed E-state index contributed by atoms with van der Waals surface area (Å²) in [6.45, 7) is 21.7. The molecule has 0 radical (unpaired) electrons. The maximum absolute atomic E-state index is 10.7. The van der Waals surface area contributed by atoms with Crippen molar-refractivity contribution in [3.8, 4) is 0 Å². The molecule has 0 saturated heterocycles. The van der Waals surface area contributed by atoms with Gasteiger partial charge in [0.1, 0.15) is 6.29 Å². The molecule has 2 bridgehead atoms. The van der Waals surface area contributed by atoms with Gasteiger partial charge in [-0.05, 0) is 72.4 Å². The minimum Gasteiger partial charge on any atom is -0.414 e. The Morgan fingerprint density at radius 2 is 1.81 bits per heavy atom. The molecule has 0 aromatic rings. The average Bonchev–Trinajstić information content (AvgIpc) is 2.48. The van der Waals surface area contributed by atoms with E-state index in [0.717, 1.165) is 24.5 Å². The Kier molecular flexibility index (Phi) is 6.26. The number of carbonyl (C=O) groups excluding carboxylic acids is 1. The second kappa shape index (κ2) is 7.35. The van der Waals surface area contributed by atoms with Crippen molar-refractivity contribution < 1.29 is 9.22 Å². The van der Waals surface area contributed by atoms with E-state index in [1.165, 1.54) is 25.7 Å². The van der Waals surface area contributed by atoms with Crippen molar-refractivity contribution in [1.29, 1.82) is 0 Å². The van der Waals surface area contributed by atoms with Crippen molar-refractivity contribution >= 4 is 14.6 Å². The molecule has 0 heterocycles. The molecule has 0 aliphatic heterocycles. The largest absolute Gasteiger partial charge is 0.414 e. The van der Waals surface area contributed by atoms with E-state index in [9.17, 15) is 4.79 Å². The fraction of sp³-hybridized carbons (Fsp3) is 0.957. The summed E-state index contributed by atoms with van der Waals surface area (Å²) < 4.78 is 6.99. The molecular weight excluding hydrogens is 336 g/mol. The topological polar surface area (TPSA) is 26.3 Å². The summed E-state index contributed by atoms with van der Waals surface area (Å²) in [4.78, 5) is 10.7. The number of hydrogen-bond donors (Lipinski definition) is 0. The average molecular weight is 381 g/mol. The van der Waals surface area contributed by atoms with Crippen LogP contribution in [0.3, 0.4) is 0 Å². The summed E-state index contributed by atoms with van der Waals surface area (Å²) in [5, 5.41) is 0.275. The van der Waals surface area contributed by atoms with E-state index < -0.39 is 8.32 Å². The molecule has 0 aromatic heterocycles. The molecule has 0 spiro atoms. The highest BCUT2D eigenvalue weighted by Crippen LogP contribution is 2.68. The van der Waals surface area contributed by atoms with Gasteiger partial charge < -0.3 is 9.22 Å². The van der Waals surface area contributed by atoms with Crippen LogP contribution < -0.4 is 0 Å². The van der Waals surface area contributed by atoms with Crippen LogP contribution in [0.25, 0.3) is 0 Å². The van der Waals surface area contributed by atoms with Crippen molar-refractivity contribution in [1.82, 2.24) is 0 Å². The summed E-state index contributed by atoms with van der Waals surface area (Å²) in [6, 6.07) is 0. The lowest BCUT2D eigenvalue weighted by atomic mass is 9.39. The first-order valence-corrected chi connectivity index (χ1v) is 13.8. The van der Waals surface area contributed by atoms with Gasteiger partial charge in [0.05, 0.1) is 0 Å². The summed E-state index contributed by atoms with van der Waals surface area (Å²) >= 11 is 0. The number of hydrogen-bond acceptors (Lipinski definition) is 2. The molecule has 3 rings (SSSR count). The maximum Gasteiger partial charge on any atom is 0.192 e. The Morgan fingerprint density at radius 3 is 2.31 bits per heavy atom. The van der Waals surface area contributed by atoms with Gasteiger partial charge in [-0.2, -0.15) is 0 Å². The van der Waals surface area contributed by atoms with Gasteiger partial charge in [0.15, 0.2) is 8.32 Å². The predicted octanol–water partition coefficient (Wildman–Crippen LogP) is 6.84. The standard InChI is InChI=1S/C23H44O2Si/c1-17(11-10-14-24)12-13-23(7)16-19(18-15-20(23)22(18,5)6)25-26(8,9)21(2,3)4/h14,17-20H,10-13,15-16H2,1-9H3/t17-,18+,19-,20+,23-/m0/s1. The van der Waals surface area contributed by atoms with Crippen LogP contribution in [0.4, 0.5) is 0 Å². The Bertz CT molecular complexity index is 505. The van der Waals surface area contributed by atoms with Gasteiger partial charge >= 0.3 is 0 Å². The zero-order valence-electron chi connectivity index (χ0n) is 18.9. The first-order chi connectivity index (χ1) is 11.7. The summed E-state index contributed by atoms with van der Waals surface area (Å²) in [7, 11) is -1.74. The van der Waals surface area contributed by atoms with Crippen LogP contribution >= 0.6 is 0 Å². The summed E-state index contributed by atoms with van der Waals surface area (Å²) in [5.41, 5.74) is 0.798. The SMILES string of the molecule is C[C@@H](CCC=O)CC[C@@]1(C)C[C@H](O[Si](C)(C)C(C)(C)C)[C@H]2C[C@@H]1C2(C)C. The molecule has 3 aliphatic rings. The van der Waals surface area contributed by atoms with Gasteiger partial charge in [-0.3, -0.25) is 0 Å². The molecule has 26 heavy (non-hydrogen) atoms. The quantitative estimate of drug-likeness (QED) is 0.340. The minimum atomic E-state index is -1.74. The number of rotatable bonds is 8. The van der Waals surface area contributed by atoms with Crippen LogP contribution in [0.2, 0.25) is 18.1 Å². The van der Waals surface area contributed by atoms with Crippen LogP contribution in [0.15, 0.2) is 0 Å². The molecule has 3 fully saturated rings. The van der Waals surface area contributed by atoms with E-state index in [1.54, 1.807) is 0 Å². The predicted molar refractivity (Wildman–Crippen MR) is 114 cm³/mol. The Balaban J connectivity index is 2.10. The van der Waals surface area contributed by atoms with E-state index in [1.807, 2.05) is 0 Å². The molecule has 3 saturated carbocycles. The second-order valence-corrected chi connectivity index (χ2v) is 16.6. The molecule has 3 heteroatoms. The maximum atomic E-state index is 10.7. The van der Waals surface area contributed by atoms with Crippen molar-refractivity contribution in [2.75, 3.05) is 0 Å². The molecule has 0 N–H and O–H groups in total. The molecule has 0 aromatic carbocycles. The summed E-state index contributed by atoms with van der Waals surface area (Å²) in [5.74, 6) is 2.22. The van der Waals surface area contributed by atoms with Crippen LogP contribution in [-0.4, -0.2) is 20.7 Å². The van der Waals surface area contributed by atoms with Gasteiger partial charge in [-0.25, -0.2) is 0 Å². The minimum absolute atomic E-state index is 0.275. The fourth-order valence-electron chi connectivity index (χ4n) is 5.55. The van der Waals surface area contributed by atoms with Crippen molar-refractivity contribution in [3.63, 3.8) is 0 Å². The Morgan fingerprint density at radius 1 is 1.19 bits per heavy atom. The van der Waals surface area contributed by atoms with Crippen LogP contribution in [0.1, 0.15) is 87.0 Å². The lowest BCUT2D eigenvalue weighted by molar-refractivity contribution is -0.205. The lowest BCUT2D eigenvalue weighted by Crippen LogP contribution is -2.64. The summed E-state index contributed by atoms with van der Waals surface area (Å²) in [6.07, 6.45) is 8.38. The van der Waals surface area contributed by atoms with Crippen molar-refractivity contribution in [2.45, 2.75) is 111 Å². The smallest absolute Gasteiger partial charge is 0.192 e. The zero-order chi connectivity index (χ0) is 20.0. The highest BCUT2D eigenvalue weighted by molar-refractivity contribution is 6.74. The number of carbonyl (C=O) groups is 1. The molecule has 5 atom stereocenters. The molecule has 2 nitrogen and oxygen atoms in total. The normalized spacial score (nSPS) is 34.9. The van der Waals surface area contributed by atoms with Crippen molar-refractivity contribution in [2.24, 2.45) is 28.6 Å². The van der Waals surface area contributed by atoms with Crippen molar-refractivity contribution in [3.05, 3.63) is 0 Å². The van der Waals surface area contributed by atoms with Gasteiger partial charge in [0.25, 0.3) is 0 Å². The van der Waals surface area contributed by atoms with Gasteiger partial charge in [0.2, 0.25) is 0 Å². The van der Waals surface area contributed by atoms with E-state index in [2.05, 4.69) is 61.6 Å². The van der Waals surface area contributed by atoms with E-state index in [4.69, 9.17) is 4.43 Å². The first kappa shape index (κ1) is 22.1. The van der Waals surface area contributed by atoms with Gasteiger partial charge in [-0.15, -0.1) is 0 Å². The van der Waals surface area contributed by atoms with E-state index in [0.29, 0.717) is 29.3 Å². The molecular formula is C23H44O2Si. The Labute approximate surface area is 164 Å². The monoisotopic (exact) mass is 380 g/mol.